The molecule has 0 saturated heterocycles. The number of carbonyl (C=O) groups excluding carboxylic acids is 2. The highest BCUT2D eigenvalue weighted by atomic mass is 19.4. The SMILES string of the molecule is CC(=O)N1C(=O)Cc2ccc(C(F)(F)F)cc21. The molecule has 6 heteroatoms. The van der Waals surface area contributed by atoms with Gasteiger partial charge in [-0.25, -0.2) is 0 Å². The van der Waals surface area contributed by atoms with E-state index in [1.54, 1.807) is 0 Å². The van der Waals surface area contributed by atoms with E-state index in [0.29, 0.717) is 5.56 Å². The van der Waals surface area contributed by atoms with Crippen LogP contribution in [0.25, 0.3) is 0 Å². The second-order valence-electron chi connectivity index (χ2n) is 3.77. The predicted octanol–water partition coefficient (Wildman–Crippen LogP) is 2.14. The Morgan fingerprint density at radius 2 is 2.00 bits per heavy atom. The van der Waals surface area contributed by atoms with Gasteiger partial charge in [-0.3, -0.25) is 14.5 Å². The largest absolute Gasteiger partial charge is 0.416 e. The number of hydrogen-bond donors (Lipinski definition) is 0. The van der Waals surface area contributed by atoms with Gasteiger partial charge in [-0.05, 0) is 17.7 Å². The van der Waals surface area contributed by atoms with E-state index in [1.807, 2.05) is 0 Å². The fourth-order valence-electron chi connectivity index (χ4n) is 1.82. The van der Waals surface area contributed by atoms with Crippen molar-refractivity contribution in [3.05, 3.63) is 29.3 Å². The Hall–Kier alpha value is -1.85. The molecule has 0 aliphatic carbocycles. The second-order valence-corrected chi connectivity index (χ2v) is 3.77. The van der Waals surface area contributed by atoms with E-state index in [2.05, 4.69) is 0 Å². The van der Waals surface area contributed by atoms with Crippen molar-refractivity contribution in [3.8, 4) is 0 Å². The highest BCUT2D eigenvalue weighted by Gasteiger charge is 2.35. The van der Waals surface area contributed by atoms with Crippen molar-refractivity contribution < 1.29 is 22.8 Å². The zero-order valence-electron chi connectivity index (χ0n) is 8.84. The van der Waals surface area contributed by atoms with Crippen LogP contribution in [0.3, 0.4) is 0 Å². The quantitative estimate of drug-likeness (QED) is 0.700. The molecule has 0 radical (unpaired) electrons. The van der Waals surface area contributed by atoms with Crippen LogP contribution in [-0.4, -0.2) is 11.8 Å². The minimum Gasteiger partial charge on any atom is -0.274 e. The summed E-state index contributed by atoms with van der Waals surface area (Å²) < 4.78 is 37.5. The molecule has 0 spiro atoms. The molecule has 0 atom stereocenters. The lowest BCUT2D eigenvalue weighted by Gasteiger charge is -2.14. The first kappa shape index (κ1) is 11.6. The average molecular weight is 243 g/mol. The molecule has 3 nitrogen and oxygen atoms in total. The highest BCUT2D eigenvalue weighted by molar-refractivity contribution is 6.18. The first-order valence-corrected chi connectivity index (χ1v) is 4.84. The van der Waals surface area contributed by atoms with Gasteiger partial charge in [0.05, 0.1) is 17.7 Å². The molecule has 2 amide bonds. The number of imide groups is 1. The number of hydrogen-bond acceptors (Lipinski definition) is 2. The maximum Gasteiger partial charge on any atom is 0.416 e. The summed E-state index contributed by atoms with van der Waals surface area (Å²) in [6.07, 6.45) is -4.52. The molecule has 0 bridgehead atoms. The Bertz CT molecular complexity index is 508. The smallest absolute Gasteiger partial charge is 0.274 e. The maximum absolute atomic E-state index is 12.5. The summed E-state index contributed by atoms with van der Waals surface area (Å²) in [4.78, 5) is 23.4. The van der Waals surface area contributed by atoms with E-state index in [9.17, 15) is 22.8 Å². The molecule has 0 N–H and O–H groups in total. The minimum absolute atomic E-state index is 0.0347. The van der Waals surface area contributed by atoms with E-state index in [4.69, 9.17) is 0 Å². The number of rotatable bonds is 0. The summed E-state index contributed by atoms with van der Waals surface area (Å²) >= 11 is 0. The van der Waals surface area contributed by atoms with Crippen molar-refractivity contribution >= 4 is 17.5 Å². The Morgan fingerprint density at radius 3 is 2.53 bits per heavy atom. The normalized spacial score (nSPS) is 15.1. The molecule has 1 aliphatic rings. The number of halogens is 3. The topological polar surface area (TPSA) is 37.4 Å². The standard InChI is InChI=1S/C11H8F3NO2/c1-6(16)15-9-5-8(11(12,13)14)3-2-7(9)4-10(15)17/h2-3,5H,4H2,1H3. The fourth-order valence-corrected chi connectivity index (χ4v) is 1.82. The van der Waals surface area contributed by atoms with Gasteiger partial charge in [0.2, 0.25) is 11.8 Å². The van der Waals surface area contributed by atoms with Crippen LogP contribution in [0.15, 0.2) is 18.2 Å². The zero-order chi connectivity index (χ0) is 12.8. The number of nitrogens with zero attached hydrogens (tertiary/aromatic N) is 1. The van der Waals surface area contributed by atoms with Gasteiger partial charge < -0.3 is 0 Å². The van der Waals surface area contributed by atoms with E-state index in [0.717, 1.165) is 24.0 Å². The Balaban J connectivity index is 2.53. The highest BCUT2D eigenvalue weighted by Crippen LogP contribution is 2.36. The van der Waals surface area contributed by atoms with Gasteiger partial charge in [0.25, 0.3) is 0 Å². The summed E-state index contributed by atoms with van der Waals surface area (Å²) in [5.41, 5.74) is -0.382. The molecule has 1 aromatic carbocycles. The summed E-state index contributed by atoms with van der Waals surface area (Å²) in [6.45, 7) is 1.15. The van der Waals surface area contributed by atoms with Gasteiger partial charge in [0.15, 0.2) is 0 Å². The Kier molecular flexibility index (Phi) is 2.45. The number of amides is 2. The van der Waals surface area contributed by atoms with Crippen LogP contribution in [0.2, 0.25) is 0 Å². The lowest BCUT2D eigenvalue weighted by atomic mass is 10.1. The average Bonchev–Trinajstić information content (AvgIpc) is 2.50. The van der Waals surface area contributed by atoms with E-state index in [-0.39, 0.29) is 12.1 Å². The predicted molar refractivity (Wildman–Crippen MR) is 53.3 cm³/mol. The minimum atomic E-state index is -4.48. The van der Waals surface area contributed by atoms with Crippen molar-refractivity contribution in [1.29, 1.82) is 0 Å². The van der Waals surface area contributed by atoms with Crippen LogP contribution in [-0.2, 0) is 22.2 Å². The Labute approximate surface area is 94.8 Å². The molecular formula is C11H8F3NO2. The third-order valence-electron chi connectivity index (χ3n) is 2.56. The summed E-state index contributed by atoms with van der Waals surface area (Å²) in [7, 11) is 0. The number of benzene rings is 1. The lowest BCUT2D eigenvalue weighted by molar-refractivity contribution is -0.137. The van der Waals surface area contributed by atoms with E-state index in [1.165, 1.54) is 6.07 Å². The molecule has 90 valence electrons. The molecule has 0 aromatic heterocycles. The van der Waals surface area contributed by atoms with Gasteiger partial charge in [0.1, 0.15) is 0 Å². The number of alkyl halides is 3. The molecule has 2 rings (SSSR count). The zero-order valence-corrected chi connectivity index (χ0v) is 8.84. The van der Waals surface area contributed by atoms with Crippen molar-refractivity contribution in [2.24, 2.45) is 0 Å². The van der Waals surface area contributed by atoms with Gasteiger partial charge in [-0.15, -0.1) is 0 Å². The van der Waals surface area contributed by atoms with Crippen LogP contribution < -0.4 is 4.90 Å². The second kappa shape index (κ2) is 3.58. The molecule has 1 heterocycles. The number of fused-ring (bicyclic) bond motifs is 1. The summed E-state index contributed by atoms with van der Waals surface area (Å²) in [6, 6.07) is 2.98. The number of anilines is 1. The van der Waals surface area contributed by atoms with Crippen LogP contribution in [0.4, 0.5) is 18.9 Å². The third kappa shape index (κ3) is 1.90. The molecule has 0 unspecified atom stereocenters. The Morgan fingerprint density at radius 1 is 1.35 bits per heavy atom. The van der Waals surface area contributed by atoms with Crippen molar-refractivity contribution in [2.45, 2.75) is 19.5 Å². The monoisotopic (exact) mass is 243 g/mol. The van der Waals surface area contributed by atoms with Crippen LogP contribution in [0, 0.1) is 0 Å². The molecule has 1 aromatic rings. The molecular weight excluding hydrogens is 235 g/mol. The van der Waals surface area contributed by atoms with E-state index < -0.39 is 23.6 Å². The van der Waals surface area contributed by atoms with Crippen LogP contribution in [0.5, 0.6) is 0 Å². The molecule has 1 aliphatic heterocycles. The van der Waals surface area contributed by atoms with Gasteiger partial charge in [-0.1, -0.05) is 6.07 Å². The van der Waals surface area contributed by atoms with Crippen molar-refractivity contribution in [1.82, 2.24) is 0 Å². The molecule has 0 fully saturated rings. The molecule has 17 heavy (non-hydrogen) atoms. The van der Waals surface area contributed by atoms with Gasteiger partial charge in [0, 0.05) is 6.92 Å². The van der Waals surface area contributed by atoms with Crippen molar-refractivity contribution in [3.63, 3.8) is 0 Å². The van der Waals surface area contributed by atoms with Crippen molar-refractivity contribution in [2.75, 3.05) is 4.90 Å². The first-order chi connectivity index (χ1) is 7.80. The van der Waals surface area contributed by atoms with Crippen LogP contribution in [0.1, 0.15) is 18.1 Å². The summed E-state index contributed by atoms with van der Waals surface area (Å²) in [5, 5.41) is 0. The molecule has 0 saturated carbocycles. The number of carbonyl (C=O) groups is 2. The first-order valence-electron chi connectivity index (χ1n) is 4.84. The van der Waals surface area contributed by atoms with Gasteiger partial charge in [-0.2, -0.15) is 13.2 Å². The third-order valence-corrected chi connectivity index (χ3v) is 2.56. The summed E-state index contributed by atoms with van der Waals surface area (Å²) in [5.74, 6) is -1.07. The fraction of sp³-hybridized carbons (Fsp3) is 0.273. The lowest BCUT2D eigenvalue weighted by Crippen LogP contribution is -2.31. The van der Waals surface area contributed by atoms with Gasteiger partial charge >= 0.3 is 6.18 Å². The van der Waals surface area contributed by atoms with Crippen LogP contribution >= 0.6 is 0 Å². The van der Waals surface area contributed by atoms with E-state index >= 15 is 0 Å². The maximum atomic E-state index is 12.5.